The zero-order valence-corrected chi connectivity index (χ0v) is 20.3. The van der Waals surface area contributed by atoms with E-state index in [1.807, 2.05) is 18.2 Å². The molecular formula is C25H29ClN6O3. The van der Waals surface area contributed by atoms with E-state index in [1.54, 1.807) is 25.2 Å². The molecule has 2 heterocycles. The quantitative estimate of drug-likeness (QED) is 0.413. The number of para-hydroxylation sites is 1. The van der Waals surface area contributed by atoms with Gasteiger partial charge in [-0.2, -0.15) is 4.98 Å². The Morgan fingerprint density at radius 2 is 1.89 bits per heavy atom. The number of carbonyl (C=O) groups is 1. The standard InChI is InChI=1S/C25H29ClN6O3/c1-31(10-13-33)24(34)20-4-2-3-5-22(20)29-23-21(26)16-27-25(30-23)28-19-8-6-18(7-9-19)17-32-11-14-35-15-12-32/h2-9,16,33H,10-15,17H2,1H3,(H2,27,28,29,30). The molecule has 10 heteroatoms. The number of aliphatic hydroxyl groups is 1. The number of hydrogen-bond donors (Lipinski definition) is 3. The van der Waals surface area contributed by atoms with E-state index in [4.69, 9.17) is 21.4 Å². The van der Waals surface area contributed by atoms with Crippen LogP contribution in [-0.2, 0) is 11.3 Å². The zero-order chi connectivity index (χ0) is 24.6. The maximum atomic E-state index is 12.8. The molecule has 1 amide bonds. The van der Waals surface area contributed by atoms with Gasteiger partial charge in [-0.15, -0.1) is 0 Å². The molecule has 0 aliphatic carbocycles. The molecule has 1 aromatic heterocycles. The van der Waals surface area contributed by atoms with Crippen LogP contribution in [0.4, 0.5) is 23.1 Å². The molecule has 1 aliphatic heterocycles. The number of ether oxygens (including phenoxy) is 1. The zero-order valence-electron chi connectivity index (χ0n) is 19.6. The molecule has 1 fully saturated rings. The van der Waals surface area contributed by atoms with Gasteiger partial charge in [0.25, 0.3) is 5.91 Å². The highest BCUT2D eigenvalue weighted by Crippen LogP contribution is 2.27. The summed E-state index contributed by atoms with van der Waals surface area (Å²) in [5.74, 6) is 0.528. The minimum atomic E-state index is -0.220. The number of aromatic nitrogens is 2. The minimum Gasteiger partial charge on any atom is -0.395 e. The third-order valence-electron chi connectivity index (χ3n) is 5.66. The Balaban J connectivity index is 1.46. The monoisotopic (exact) mass is 496 g/mol. The normalized spacial score (nSPS) is 13.9. The number of rotatable bonds is 9. The Bertz CT molecular complexity index is 1140. The van der Waals surface area contributed by atoms with Crippen LogP contribution in [0.15, 0.2) is 54.7 Å². The topological polar surface area (TPSA) is 103 Å². The number of aliphatic hydroxyl groups excluding tert-OH is 1. The minimum absolute atomic E-state index is 0.112. The highest BCUT2D eigenvalue weighted by Gasteiger charge is 2.17. The first-order valence-corrected chi connectivity index (χ1v) is 11.8. The molecule has 4 rings (SSSR count). The van der Waals surface area contributed by atoms with Gasteiger partial charge in [0.05, 0.1) is 37.3 Å². The van der Waals surface area contributed by atoms with Crippen molar-refractivity contribution in [2.75, 3.05) is 57.1 Å². The van der Waals surface area contributed by atoms with Gasteiger partial charge in [-0.25, -0.2) is 4.98 Å². The van der Waals surface area contributed by atoms with Crippen LogP contribution in [0.5, 0.6) is 0 Å². The first kappa shape index (κ1) is 24.9. The lowest BCUT2D eigenvalue weighted by molar-refractivity contribution is 0.0342. The van der Waals surface area contributed by atoms with E-state index in [-0.39, 0.29) is 19.1 Å². The van der Waals surface area contributed by atoms with Crippen molar-refractivity contribution in [1.29, 1.82) is 0 Å². The summed E-state index contributed by atoms with van der Waals surface area (Å²) in [7, 11) is 1.64. The van der Waals surface area contributed by atoms with Gasteiger partial charge >= 0.3 is 0 Å². The molecule has 0 atom stereocenters. The number of nitrogens with zero attached hydrogens (tertiary/aromatic N) is 4. The van der Waals surface area contributed by atoms with Crippen molar-refractivity contribution in [2.24, 2.45) is 0 Å². The fraction of sp³-hybridized carbons (Fsp3) is 0.320. The van der Waals surface area contributed by atoms with Crippen LogP contribution in [0.2, 0.25) is 5.02 Å². The van der Waals surface area contributed by atoms with Crippen LogP contribution in [0, 0.1) is 0 Å². The van der Waals surface area contributed by atoms with Crippen molar-refractivity contribution in [2.45, 2.75) is 6.54 Å². The van der Waals surface area contributed by atoms with Crippen LogP contribution in [0.3, 0.4) is 0 Å². The lowest BCUT2D eigenvalue weighted by Gasteiger charge is -2.26. The molecular weight excluding hydrogens is 468 g/mol. The molecule has 35 heavy (non-hydrogen) atoms. The van der Waals surface area contributed by atoms with E-state index in [9.17, 15) is 4.79 Å². The van der Waals surface area contributed by atoms with E-state index in [2.05, 4.69) is 37.6 Å². The molecule has 9 nitrogen and oxygen atoms in total. The van der Waals surface area contributed by atoms with Gasteiger partial charge in [0.15, 0.2) is 5.82 Å². The molecule has 184 valence electrons. The summed E-state index contributed by atoms with van der Waals surface area (Å²) in [6.45, 7) is 4.46. The number of halogens is 1. The average molecular weight is 497 g/mol. The largest absolute Gasteiger partial charge is 0.395 e. The third kappa shape index (κ3) is 6.67. The fourth-order valence-electron chi connectivity index (χ4n) is 3.72. The van der Waals surface area contributed by atoms with E-state index < -0.39 is 0 Å². The van der Waals surface area contributed by atoms with Crippen LogP contribution in [0.1, 0.15) is 15.9 Å². The smallest absolute Gasteiger partial charge is 0.255 e. The predicted octanol–water partition coefficient (Wildman–Crippen LogP) is 3.51. The van der Waals surface area contributed by atoms with Gasteiger partial charge in [-0.05, 0) is 29.8 Å². The van der Waals surface area contributed by atoms with E-state index in [0.717, 1.165) is 38.5 Å². The average Bonchev–Trinajstić information content (AvgIpc) is 2.88. The number of carbonyl (C=O) groups excluding carboxylic acids is 1. The lowest BCUT2D eigenvalue weighted by Crippen LogP contribution is -2.35. The summed E-state index contributed by atoms with van der Waals surface area (Å²) in [5, 5.41) is 15.8. The van der Waals surface area contributed by atoms with Crippen LogP contribution >= 0.6 is 11.6 Å². The second-order valence-electron chi connectivity index (χ2n) is 8.22. The number of anilines is 4. The summed E-state index contributed by atoms with van der Waals surface area (Å²) in [6.07, 6.45) is 1.51. The fourth-order valence-corrected chi connectivity index (χ4v) is 3.86. The number of benzene rings is 2. The summed E-state index contributed by atoms with van der Waals surface area (Å²) in [5.41, 5.74) is 3.08. The van der Waals surface area contributed by atoms with Gasteiger partial charge in [-0.1, -0.05) is 35.9 Å². The number of nitrogens with one attached hydrogen (secondary N) is 2. The second-order valence-corrected chi connectivity index (χ2v) is 8.63. The number of likely N-dealkylation sites (N-methyl/N-ethyl adjacent to an activating group) is 1. The van der Waals surface area contributed by atoms with Gasteiger partial charge in [0, 0.05) is 38.9 Å². The SMILES string of the molecule is CN(CCO)C(=O)c1ccccc1Nc1nc(Nc2ccc(CN3CCOCC3)cc2)ncc1Cl. The molecule has 1 aliphatic rings. The highest BCUT2D eigenvalue weighted by molar-refractivity contribution is 6.33. The Hall–Kier alpha value is -3.24. The van der Waals surface area contributed by atoms with Crippen molar-refractivity contribution in [3.8, 4) is 0 Å². The summed E-state index contributed by atoms with van der Waals surface area (Å²) < 4.78 is 5.41. The Morgan fingerprint density at radius 1 is 1.14 bits per heavy atom. The first-order valence-electron chi connectivity index (χ1n) is 11.4. The first-order chi connectivity index (χ1) is 17.0. The van der Waals surface area contributed by atoms with E-state index in [0.29, 0.717) is 28.0 Å². The van der Waals surface area contributed by atoms with Crippen molar-refractivity contribution in [3.05, 3.63) is 70.9 Å². The van der Waals surface area contributed by atoms with Crippen molar-refractivity contribution < 1.29 is 14.6 Å². The van der Waals surface area contributed by atoms with Crippen LogP contribution < -0.4 is 10.6 Å². The molecule has 1 saturated heterocycles. The van der Waals surface area contributed by atoms with Crippen molar-refractivity contribution in [3.63, 3.8) is 0 Å². The van der Waals surface area contributed by atoms with Gasteiger partial charge in [-0.3, -0.25) is 9.69 Å². The highest BCUT2D eigenvalue weighted by atomic mass is 35.5. The number of amides is 1. The van der Waals surface area contributed by atoms with Crippen molar-refractivity contribution in [1.82, 2.24) is 19.8 Å². The van der Waals surface area contributed by atoms with E-state index in [1.165, 1.54) is 16.7 Å². The number of hydrogen-bond acceptors (Lipinski definition) is 8. The maximum Gasteiger partial charge on any atom is 0.255 e. The predicted molar refractivity (Wildman–Crippen MR) is 137 cm³/mol. The van der Waals surface area contributed by atoms with Crippen molar-refractivity contribution >= 4 is 40.6 Å². The molecule has 3 aromatic rings. The molecule has 0 radical (unpaired) electrons. The molecule has 0 saturated carbocycles. The van der Waals surface area contributed by atoms with E-state index >= 15 is 0 Å². The Labute approximate surface area is 209 Å². The van der Waals surface area contributed by atoms with Crippen LogP contribution in [-0.4, -0.2) is 77.3 Å². The Kier molecular flexibility index (Phi) is 8.49. The van der Waals surface area contributed by atoms with Gasteiger partial charge < -0.3 is 25.4 Å². The maximum absolute atomic E-state index is 12.8. The molecule has 3 N–H and O–H groups in total. The summed E-state index contributed by atoms with van der Waals surface area (Å²) >= 11 is 6.35. The second kappa shape index (κ2) is 11.9. The summed E-state index contributed by atoms with van der Waals surface area (Å²) in [4.78, 5) is 25.4. The third-order valence-corrected chi connectivity index (χ3v) is 5.93. The molecule has 0 spiro atoms. The van der Waals surface area contributed by atoms with Gasteiger partial charge in [0.1, 0.15) is 5.02 Å². The van der Waals surface area contributed by atoms with Gasteiger partial charge in [0.2, 0.25) is 5.95 Å². The lowest BCUT2D eigenvalue weighted by atomic mass is 10.1. The molecule has 0 bridgehead atoms. The molecule has 0 unspecified atom stereocenters. The van der Waals surface area contributed by atoms with Crippen LogP contribution in [0.25, 0.3) is 0 Å². The Morgan fingerprint density at radius 3 is 2.63 bits per heavy atom. The number of morpholine rings is 1. The molecule has 2 aromatic carbocycles. The summed E-state index contributed by atoms with van der Waals surface area (Å²) in [6, 6.07) is 15.2.